The molecule has 2 aromatic heterocycles. The summed E-state index contributed by atoms with van der Waals surface area (Å²) in [6.45, 7) is 1.36. The predicted molar refractivity (Wildman–Crippen MR) is 91.0 cm³/mol. The maximum absolute atomic E-state index is 12.5. The number of carbonyl (C=O) groups excluding carboxylic acids is 1. The first-order valence-corrected chi connectivity index (χ1v) is 9.11. The van der Waals surface area contributed by atoms with Crippen LogP contribution in [0.25, 0.3) is 0 Å². The van der Waals surface area contributed by atoms with E-state index in [4.69, 9.17) is 0 Å². The largest absolute Gasteiger partial charge is 0.324 e. The SMILES string of the molecule is O=C(Nc1ncn(C2CCCCC2)n1)N1CCC[C@H](n2cncn2)C1. The molecule has 2 aliphatic rings. The Balaban J connectivity index is 1.36. The van der Waals surface area contributed by atoms with Gasteiger partial charge in [-0.3, -0.25) is 5.32 Å². The number of urea groups is 1. The Morgan fingerprint density at radius 1 is 1.04 bits per heavy atom. The first-order valence-electron chi connectivity index (χ1n) is 9.11. The second-order valence-electron chi connectivity index (χ2n) is 6.89. The molecule has 3 heterocycles. The fraction of sp³-hybridized carbons (Fsp3) is 0.688. The number of rotatable bonds is 3. The van der Waals surface area contributed by atoms with E-state index in [9.17, 15) is 4.79 Å². The molecule has 1 atom stereocenters. The zero-order valence-electron chi connectivity index (χ0n) is 14.3. The van der Waals surface area contributed by atoms with Gasteiger partial charge in [0.2, 0.25) is 5.95 Å². The van der Waals surface area contributed by atoms with Crippen molar-refractivity contribution in [3.05, 3.63) is 19.0 Å². The summed E-state index contributed by atoms with van der Waals surface area (Å²) >= 11 is 0. The standard InChI is InChI=1S/C16H24N8O/c25-16(22-8-4-7-14(9-22)23-11-17-10-19-23)20-15-18-12-24(21-15)13-5-2-1-3-6-13/h10-14H,1-9H2,(H,20,21,25)/t14-/m0/s1. The number of likely N-dealkylation sites (tertiary alicyclic amines) is 1. The maximum atomic E-state index is 12.5. The van der Waals surface area contributed by atoms with Gasteiger partial charge in [-0.15, -0.1) is 5.10 Å². The number of amides is 2. The number of anilines is 1. The average Bonchev–Trinajstić information content (AvgIpc) is 3.35. The highest BCUT2D eigenvalue weighted by Gasteiger charge is 2.26. The van der Waals surface area contributed by atoms with Crippen LogP contribution in [0.1, 0.15) is 57.0 Å². The Hall–Kier alpha value is -2.45. The lowest BCUT2D eigenvalue weighted by Crippen LogP contribution is -2.43. The third kappa shape index (κ3) is 3.64. The molecular weight excluding hydrogens is 320 g/mol. The van der Waals surface area contributed by atoms with Gasteiger partial charge in [0.25, 0.3) is 0 Å². The van der Waals surface area contributed by atoms with Crippen molar-refractivity contribution < 1.29 is 4.79 Å². The van der Waals surface area contributed by atoms with Gasteiger partial charge in [0.1, 0.15) is 19.0 Å². The van der Waals surface area contributed by atoms with E-state index in [1.807, 2.05) is 9.36 Å². The molecule has 0 radical (unpaired) electrons. The van der Waals surface area contributed by atoms with Gasteiger partial charge in [0.15, 0.2) is 0 Å². The Kier molecular flexibility index (Phi) is 4.62. The zero-order chi connectivity index (χ0) is 17.1. The van der Waals surface area contributed by atoms with Crippen LogP contribution in [-0.4, -0.2) is 53.5 Å². The van der Waals surface area contributed by atoms with Crippen molar-refractivity contribution >= 4 is 12.0 Å². The van der Waals surface area contributed by atoms with Gasteiger partial charge in [-0.2, -0.15) is 5.10 Å². The molecule has 25 heavy (non-hydrogen) atoms. The minimum absolute atomic E-state index is 0.147. The molecule has 2 amide bonds. The van der Waals surface area contributed by atoms with Crippen molar-refractivity contribution in [1.29, 1.82) is 0 Å². The number of hydrogen-bond acceptors (Lipinski definition) is 5. The monoisotopic (exact) mass is 344 g/mol. The van der Waals surface area contributed by atoms with Crippen molar-refractivity contribution in [2.24, 2.45) is 0 Å². The Bertz CT molecular complexity index is 691. The van der Waals surface area contributed by atoms with Crippen LogP contribution in [0.2, 0.25) is 0 Å². The van der Waals surface area contributed by atoms with E-state index in [2.05, 4.69) is 25.5 Å². The second-order valence-corrected chi connectivity index (χ2v) is 6.89. The number of nitrogens with zero attached hydrogens (tertiary/aromatic N) is 7. The van der Waals surface area contributed by atoms with Crippen molar-refractivity contribution in [2.75, 3.05) is 18.4 Å². The van der Waals surface area contributed by atoms with Crippen molar-refractivity contribution in [1.82, 2.24) is 34.4 Å². The smallest absolute Gasteiger partial charge is 0.322 e. The molecule has 134 valence electrons. The second kappa shape index (κ2) is 7.20. The summed E-state index contributed by atoms with van der Waals surface area (Å²) in [6, 6.07) is 0.444. The normalized spacial score (nSPS) is 22.1. The van der Waals surface area contributed by atoms with Crippen molar-refractivity contribution in [3.63, 3.8) is 0 Å². The predicted octanol–water partition coefficient (Wildman–Crippen LogP) is 2.24. The van der Waals surface area contributed by atoms with Gasteiger partial charge in [-0.25, -0.2) is 24.1 Å². The molecule has 4 rings (SSSR count). The van der Waals surface area contributed by atoms with Crippen LogP contribution in [0.5, 0.6) is 0 Å². The molecule has 9 heteroatoms. The Labute approximate surface area is 146 Å². The number of nitrogens with one attached hydrogen (secondary N) is 1. The molecule has 0 unspecified atom stereocenters. The molecule has 9 nitrogen and oxygen atoms in total. The van der Waals surface area contributed by atoms with Crippen LogP contribution in [-0.2, 0) is 0 Å². The minimum Gasteiger partial charge on any atom is -0.322 e. The lowest BCUT2D eigenvalue weighted by Gasteiger charge is -2.32. The molecule has 1 saturated carbocycles. The average molecular weight is 344 g/mol. The van der Waals surface area contributed by atoms with E-state index in [1.165, 1.54) is 25.6 Å². The van der Waals surface area contributed by atoms with Crippen LogP contribution >= 0.6 is 0 Å². The van der Waals surface area contributed by atoms with E-state index in [1.54, 1.807) is 17.6 Å². The Morgan fingerprint density at radius 3 is 2.68 bits per heavy atom. The number of hydrogen-bond donors (Lipinski definition) is 1. The van der Waals surface area contributed by atoms with Gasteiger partial charge in [-0.05, 0) is 25.7 Å². The number of carbonyl (C=O) groups is 1. The van der Waals surface area contributed by atoms with Crippen LogP contribution in [0.4, 0.5) is 10.7 Å². The molecule has 0 spiro atoms. The highest BCUT2D eigenvalue weighted by atomic mass is 16.2. The molecule has 0 aromatic carbocycles. The summed E-state index contributed by atoms with van der Waals surface area (Å²) in [7, 11) is 0. The van der Waals surface area contributed by atoms with E-state index in [0.717, 1.165) is 32.2 Å². The third-order valence-electron chi connectivity index (χ3n) is 5.17. The minimum atomic E-state index is -0.147. The van der Waals surface area contributed by atoms with Crippen molar-refractivity contribution in [2.45, 2.75) is 57.0 Å². The number of aromatic nitrogens is 6. The summed E-state index contributed by atoms with van der Waals surface area (Å²) < 4.78 is 3.73. The van der Waals surface area contributed by atoms with Crippen LogP contribution in [0.3, 0.4) is 0 Å². The zero-order valence-corrected chi connectivity index (χ0v) is 14.3. The highest BCUT2D eigenvalue weighted by Crippen LogP contribution is 2.27. The lowest BCUT2D eigenvalue weighted by molar-refractivity contribution is 0.174. The molecule has 1 N–H and O–H groups in total. The van der Waals surface area contributed by atoms with Gasteiger partial charge in [0.05, 0.1) is 12.1 Å². The fourth-order valence-corrected chi connectivity index (χ4v) is 3.79. The topological polar surface area (TPSA) is 93.8 Å². The molecule has 1 aliphatic carbocycles. The Morgan fingerprint density at radius 2 is 1.88 bits per heavy atom. The fourth-order valence-electron chi connectivity index (χ4n) is 3.79. The first kappa shape index (κ1) is 16.0. The van der Waals surface area contributed by atoms with E-state index < -0.39 is 0 Å². The molecule has 1 saturated heterocycles. The van der Waals surface area contributed by atoms with Gasteiger partial charge < -0.3 is 4.90 Å². The summed E-state index contributed by atoms with van der Waals surface area (Å²) in [5.74, 6) is 0.387. The summed E-state index contributed by atoms with van der Waals surface area (Å²) in [4.78, 5) is 22.6. The summed E-state index contributed by atoms with van der Waals surface area (Å²) in [5, 5.41) is 11.5. The van der Waals surface area contributed by atoms with Crippen LogP contribution in [0, 0.1) is 0 Å². The van der Waals surface area contributed by atoms with Crippen molar-refractivity contribution in [3.8, 4) is 0 Å². The van der Waals surface area contributed by atoms with E-state index >= 15 is 0 Å². The molecule has 1 aliphatic heterocycles. The molecule has 0 bridgehead atoms. The first-order chi connectivity index (χ1) is 12.3. The number of piperidine rings is 1. The highest BCUT2D eigenvalue weighted by molar-refractivity contribution is 5.87. The molecule has 2 fully saturated rings. The van der Waals surface area contributed by atoms with Crippen LogP contribution < -0.4 is 5.32 Å². The lowest BCUT2D eigenvalue weighted by atomic mass is 9.96. The van der Waals surface area contributed by atoms with Gasteiger partial charge >= 0.3 is 6.03 Å². The van der Waals surface area contributed by atoms with E-state index in [-0.39, 0.29) is 12.1 Å². The van der Waals surface area contributed by atoms with Gasteiger partial charge in [0, 0.05) is 13.1 Å². The maximum Gasteiger partial charge on any atom is 0.324 e. The molecule has 2 aromatic rings. The van der Waals surface area contributed by atoms with E-state index in [0.29, 0.717) is 18.5 Å². The molecular formula is C16H24N8O. The summed E-state index contributed by atoms with van der Waals surface area (Å²) in [6.07, 6.45) is 13.0. The van der Waals surface area contributed by atoms with Gasteiger partial charge in [-0.1, -0.05) is 19.3 Å². The third-order valence-corrected chi connectivity index (χ3v) is 5.17. The van der Waals surface area contributed by atoms with Crippen LogP contribution in [0.15, 0.2) is 19.0 Å². The quantitative estimate of drug-likeness (QED) is 0.921. The summed E-state index contributed by atoms with van der Waals surface area (Å²) in [5.41, 5.74) is 0.